The van der Waals surface area contributed by atoms with Crippen LogP contribution >= 0.6 is 0 Å². The van der Waals surface area contributed by atoms with Gasteiger partial charge in [0.1, 0.15) is 0 Å². The van der Waals surface area contributed by atoms with Gasteiger partial charge in [0.25, 0.3) is 0 Å². The van der Waals surface area contributed by atoms with Crippen molar-refractivity contribution >= 4 is 5.97 Å². The minimum Gasteiger partial charge on any atom is -0.478 e. The molecule has 0 saturated carbocycles. The van der Waals surface area contributed by atoms with Crippen LogP contribution in [0.15, 0.2) is 43.0 Å². The number of aliphatic hydroxyl groups excluding tert-OH is 1. The lowest BCUT2D eigenvalue weighted by molar-refractivity contribution is 0.0697. The van der Waals surface area contributed by atoms with Gasteiger partial charge in [-0.05, 0) is 12.1 Å². The van der Waals surface area contributed by atoms with E-state index in [0.29, 0.717) is 5.56 Å². The average Bonchev–Trinajstić information content (AvgIpc) is 2.30. The van der Waals surface area contributed by atoms with Gasteiger partial charge in [-0.2, -0.15) is 0 Å². The topological polar surface area (TPSA) is 83.5 Å². The number of benzene rings is 1. The first kappa shape index (κ1) is 13.4. The molecule has 4 nitrogen and oxygen atoms in total. The molecule has 0 radical (unpaired) electrons. The number of aromatic carboxylic acids is 1. The van der Waals surface area contributed by atoms with Crippen LogP contribution in [0.3, 0.4) is 0 Å². The molecule has 0 heterocycles. The lowest BCUT2D eigenvalue weighted by atomic mass is 10.2. The van der Waals surface area contributed by atoms with Crippen molar-refractivity contribution in [3.63, 3.8) is 0 Å². The lowest BCUT2D eigenvalue weighted by Crippen LogP contribution is -2.20. The number of carbonyl (C=O) groups is 1. The second-order valence-electron chi connectivity index (χ2n) is 2.75. The van der Waals surface area contributed by atoms with Gasteiger partial charge in [-0.15, -0.1) is 6.58 Å². The van der Waals surface area contributed by atoms with E-state index >= 15 is 0 Å². The highest BCUT2D eigenvalue weighted by atomic mass is 16.4. The second-order valence-corrected chi connectivity index (χ2v) is 2.75. The minimum absolute atomic E-state index is 0.0104. The normalized spacial score (nSPS) is 10.8. The van der Waals surface area contributed by atoms with E-state index in [2.05, 4.69) is 6.58 Å². The van der Waals surface area contributed by atoms with Crippen LogP contribution in [0.4, 0.5) is 0 Å². The third-order valence-corrected chi connectivity index (χ3v) is 1.53. The van der Waals surface area contributed by atoms with Gasteiger partial charge in [-0.3, -0.25) is 0 Å². The Hall–Kier alpha value is -1.65. The molecule has 1 aromatic rings. The molecular formula is C11H15NO3. The maximum atomic E-state index is 10.2. The molecule has 0 spiro atoms. The molecule has 1 aromatic carbocycles. The molecule has 4 N–H and O–H groups in total. The van der Waals surface area contributed by atoms with E-state index < -0.39 is 5.97 Å². The zero-order valence-corrected chi connectivity index (χ0v) is 8.34. The Morgan fingerprint density at radius 2 is 2.00 bits per heavy atom. The Morgan fingerprint density at radius 1 is 1.47 bits per heavy atom. The standard InChI is InChI=1S/C7H6O2.C4H9NO/c8-7(9)6-4-2-1-3-5-6;1-2-4(5)3-6/h1-5H,(H,8,9);2,4,6H,1,3,5H2/t;4-/m.0/s1. The summed E-state index contributed by atoms with van der Waals surface area (Å²) in [4.78, 5) is 10.2. The number of carboxylic acid groups (broad SMARTS) is 1. The van der Waals surface area contributed by atoms with Crippen LogP contribution in [0.5, 0.6) is 0 Å². The van der Waals surface area contributed by atoms with E-state index in [4.69, 9.17) is 15.9 Å². The number of nitrogens with two attached hydrogens (primary N) is 1. The number of rotatable bonds is 3. The molecule has 0 fully saturated rings. The highest BCUT2D eigenvalue weighted by molar-refractivity contribution is 5.87. The molecule has 1 rings (SSSR count). The van der Waals surface area contributed by atoms with Gasteiger partial charge >= 0.3 is 5.97 Å². The van der Waals surface area contributed by atoms with E-state index in [0.717, 1.165) is 0 Å². The smallest absolute Gasteiger partial charge is 0.335 e. The summed E-state index contributed by atoms with van der Waals surface area (Å²) < 4.78 is 0. The van der Waals surface area contributed by atoms with E-state index in [9.17, 15) is 4.79 Å². The van der Waals surface area contributed by atoms with Gasteiger partial charge in [-0.25, -0.2) is 4.79 Å². The molecule has 0 aromatic heterocycles. The third-order valence-electron chi connectivity index (χ3n) is 1.53. The molecule has 0 saturated heterocycles. The van der Waals surface area contributed by atoms with Crippen LogP contribution in [-0.2, 0) is 0 Å². The van der Waals surface area contributed by atoms with Crippen molar-refractivity contribution in [1.29, 1.82) is 0 Å². The fraction of sp³-hybridized carbons (Fsp3) is 0.182. The average molecular weight is 209 g/mol. The maximum absolute atomic E-state index is 10.2. The van der Waals surface area contributed by atoms with Crippen molar-refractivity contribution < 1.29 is 15.0 Å². The minimum atomic E-state index is -0.879. The quantitative estimate of drug-likeness (QED) is 0.645. The van der Waals surface area contributed by atoms with Crippen LogP contribution in [0.1, 0.15) is 10.4 Å². The predicted molar refractivity (Wildman–Crippen MR) is 58.7 cm³/mol. The van der Waals surface area contributed by atoms with Crippen LogP contribution in [0.25, 0.3) is 0 Å². The molecule has 0 amide bonds. The Labute approximate surface area is 88.7 Å². The molecule has 82 valence electrons. The number of carboxylic acids is 1. The highest BCUT2D eigenvalue weighted by Crippen LogP contribution is 1.96. The van der Waals surface area contributed by atoms with E-state index in [1.54, 1.807) is 30.3 Å². The summed E-state index contributed by atoms with van der Waals surface area (Å²) in [6.45, 7) is 3.34. The Bertz CT molecular complexity index is 298. The van der Waals surface area contributed by atoms with E-state index in [1.165, 1.54) is 6.08 Å². The summed E-state index contributed by atoms with van der Waals surface area (Å²) in [5, 5.41) is 16.5. The third kappa shape index (κ3) is 6.42. The molecule has 0 aliphatic rings. The summed E-state index contributed by atoms with van der Waals surface area (Å²) in [5.41, 5.74) is 5.44. The number of aliphatic hydroxyl groups is 1. The first-order chi connectivity index (χ1) is 7.11. The maximum Gasteiger partial charge on any atom is 0.335 e. The molecule has 4 heteroatoms. The van der Waals surface area contributed by atoms with E-state index in [-0.39, 0.29) is 12.6 Å². The molecule has 15 heavy (non-hydrogen) atoms. The molecule has 0 bridgehead atoms. The summed E-state index contributed by atoms with van der Waals surface area (Å²) in [5.74, 6) is -0.879. The zero-order chi connectivity index (χ0) is 11.7. The van der Waals surface area contributed by atoms with Crippen molar-refractivity contribution in [2.24, 2.45) is 5.73 Å². The predicted octanol–water partition coefficient (Wildman–Crippen LogP) is 0.877. The second kappa shape index (κ2) is 7.73. The lowest BCUT2D eigenvalue weighted by Gasteiger charge is -1.94. The van der Waals surface area contributed by atoms with Gasteiger partial charge in [0.2, 0.25) is 0 Å². The summed E-state index contributed by atoms with van der Waals surface area (Å²) in [7, 11) is 0. The SMILES string of the molecule is C=C[C@H](N)CO.O=C(O)c1ccccc1. The molecule has 1 atom stereocenters. The molecule has 0 aliphatic carbocycles. The monoisotopic (exact) mass is 209 g/mol. The van der Waals surface area contributed by atoms with Crippen molar-refractivity contribution in [1.82, 2.24) is 0 Å². The summed E-state index contributed by atoms with van der Waals surface area (Å²) >= 11 is 0. The Kier molecular flexibility index (Phi) is 6.88. The molecule has 0 unspecified atom stereocenters. The number of hydrogen-bond donors (Lipinski definition) is 3. The molecule has 0 aliphatic heterocycles. The number of hydrogen-bond acceptors (Lipinski definition) is 3. The van der Waals surface area contributed by atoms with Gasteiger partial charge < -0.3 is 15.9 Å². The largest absolute Gasteiger partial charge is 0.478 e. The van der Waals surface area contributed by atoms with Crippen molar-refractivity contribution in [2.45, 2.75) is 6.04 Å². The van der Waals surface area contributed by atoms with Crippen molar-refractivity contribution in [2.75, 3.05) is 6.61 Å². The van der Waals surface area contributed by atoms with Crippen LogP contribution in [0, 0.1) is 0 Å². The Morgan fingerprint density at radius 3 is 2.20 bits per heavy atom. The first-order valence-electron chi connectivity index (χ1n) is 4.39. The van der Waals surface area contributed by atoms with Crippen LogP contribution in [-0.4, -0.2) is 28.8 Å². The fourth-order valence-corrected chi connectivity index (χ4v) is 0.655. The zero-order valence-electron chi connectivity index (χ0n) is 8.34. The van der Waals surface area contributed by atoms with E-state index in [1.807, 2.05) is 0 Å². The van der Waals surface area contributed by atoms with Gasteiger partial charge in [0.05, 0.1) is 12.2 Å². The summed E-state index contributed by atoms with van der Waals surface area (Å²) in [6, 6.07) is 8.05. The van der Waals surface area contributed by atoms with Gasteiger partial charge in [-0.1, -0.05) is 24.3 Å². The Balaban J connectivity index is 0.000000288. The van der Waals surface area contributed by atoms with Crippen LogP contribution in [0.2, 0.25) is 0 Å². The van der Waals surface area contributed by atoms with Crippen LogP contribution < -0.4 is 5.73 Å². The van der Waals surface area contributed by atoms with Gasteiger partial charge in [0.15, 0.2) is 0 Å². The van der Waals surface area contributed by atoms with Crippen molar-refractivity contribution in [3.8, 4) is 0 Å². The van der Waals surface area contributed by atoms with Gasteiger partial charge in [0, 0.05) is 6.04 Å². The first-order valence-corrected chi connectivity index (χ1v) is 4.39. The fourth-order valence-electron chi connectivity index (χ4n) is 0.655. The van der Waals surface area contributed by atoms with Crippen molar-refractivity contribution in [3.05, 3.63) is 48.6 Å². The summed E-state index contributed by atoms with van der Waals surface area (Å²) in [6.07, 6.45) is 1.50. The molecular weight excluding hydrogens is 194 g/mol. The highest BCUT2D eigenvalue weighted by Gasteiger charge is 1.96.